The molecule has 2 aromatic rings. The van der Waals surface area contributed by atoms with Crippen molar-refractivity contribution < 1.29 is 4.39 Å². The van der Waals surface area contributed by atoms with Gasteiger partial charge in [0, 0.05) is 5.56 Å². The van der Waals surface area contributed by atoms with E-state index in [1.165, 1.54) is 25.0 Å². The molecule has 2 N–H and O–H groups in total. The Hall–Kier alpha value is -1.39. The second-order valence-corrected chi connectivity index (χ2v) is 4.69. The van der Waals surface area contributed by atoms with Gasteiger partial charge in [-0.25, -0.2) is 9.37 Å². The molecule has 1 aliphatic heterocycles. The third-order valence-electron chi connectivity index (χ3n) is 3.37. The Morgan fingerprint density at radius 1 is 1.26 bits per heavy atom. The maximum absolute atomic E-state index is 13.2. The van der Waals surface area contributed by atoms with Crippen LogP contribution < -0.4 is 5.32 Å². The number of nitrogens with zero attached hydrogens (tertiary/aromatic N) is 1. The fourth-order valence-corrected chi connectivity index (χ4v) is 2.40. The summed E-state index contributed by atoms with van der Waals surface area (Å²) in [6, 6.07) is 6.87. The zero-order valence-electron chi connectivity index (χ0n) is 10.5. The van der Waals surface area contributed by atoms with Crippen LogP contribution >= 0.6 is 12.4 Å². The lowest BCUT2D eigenvalue weighted by atomic mass is 10.0. The molecule has 5 heteroatoms. The monoisotopic (exact) mass is 281 g/mol. The summed E-state index contributed by atoms with van der Waals surface area (Å²) in [6.07, 6.45) is 5.35. The minimum atomic E-state index is -0.223. The number of rotatable bonds is 2. The van der Waals surface area contributed by atoms with Crippen LogP contribution in [0.2, 0.25) is 0 Å². The molecule has 0 radical (unpaired) electrons. The maximum Gasteiger partial charge on any atom is 0.123 e. The Labute approximate surface area is 118 Å². The molecule has 3 rings (SSSR count). The number of piperidine rings is 1. The van der Waals surface area contributed by atoms with Crippen molar-refractivity contribution in [3.05, 3.63) is 42.1 Å². The van der Waals surface area contributed by atoms with Crippen LogP contribution in [0.3, 0.4) is 0 Å². The van der Waals surface area contributed by atoms with Gasteiger partial charge >= 0.3 is 0 Å². The van der Waals surface area contributed by atoms with Gasteiger partial charge in [0.25, 0.3) is 0 Å². The molecule has 0 spiro atoms. The SMILES string of the molecule is Cl.Fc1cccc(-c2cnc(C3CCCCN3)[nH]2)c1. The zero-order valence-corrected chi connectivity index (χ0v) is 11.3. The second kappa shape index (κ2) is 6.17. The average Bonchev–Trinajstić information content (AvgIpc) is 2.89. The lowest BCUT2D eigenvalue weighted by molar-refractivity contribution is 0.399. The van der Waals surface area contributed by atoms with Crippen LogP contribution in [0.5, 0.6) is 0 Å². The Morgan fingerprint density at radius 3 is 2.89 bits per heavy atom. The molecule has 19 heavy (non-hydrogen) atoms. The molecular weight excluding hydrogens is 265 g/mol. The summed E-state index contributed by atoms with van der Waals surface area (Å²) in [5.41, 5.74) is 1.71. The fraction of sp³-hybridized carbons (Fsp3) is 0.357. The number of hydrogen-bond acceptors (Lipinski definition) is 2. The van der Waals surface area contributed by atoms with E-state index in [1.54, 1.807) is 12.3 Å². The summed E-state index contributed by atoms with van der Waals surface area (Å²) in [5, 5.41) is 3.44. The number of H-pyrrole nitrogens is 1. The van der Waals surface area contributed by atoms with Crippen molar-refractivity contribution >= 4 is 12.4 Å². The highest BCUT2D eigenvalue weighted by Gasteiger charge is 2.17. The van der Waals surface area contributed by atoms with Gasteiger partial charge in [0.2, 0.25) is 0 Å². The van der Waals surface area contributed by atoms with Crippen molar-refractivity contribution in [3.8, 4) is 11.3 Å². The summed E-state index contributed by atoms with van der Waals surface area (Å²) in [6.45, 7) is 1.04. The van der Waals surface area contributed by atoms with Crippen molar-refractivity contribution in [3.63, 3.8) is 0 Å². The summed E-state index contributed by atoms with van der Waals surface area (Å²) >= 11 is 0. The van der Waals surface area contributed by atoms with E-state index < -0.39 is 0 Å². The van der Waals surface area contributed by atoms with E-state index in [1.807, 2.05) is 6.07 Å². The highest BCUT2D eigenvalue weighted by Crippen LogP contribution is 2.24. The minimum Gasteiger partial charge on any atom is -0.341 e. The van der Waals surface area contributed by atoms with Gasteiger partial charge in [0.05, 0.1) is 17.9 Å². The second-order valence-electron chi connectivity index (χ2n) is 4.69. The number of aromatic nitrogens is 2. The van der Waals surface area contributed by atoms with E-state index in [4.69, 9.17) is 0 Å². The van der Waals surface area contributed by atoms with E-state index in [0.717, 1.165) is 30.0 Å². The van der Waals surface area contributed by atoms with Gasteiger partial charge in [-0.15, -0.1) is 12.4 Å². The lowest BCUT2D eigenvalue weighted by Crippen LogP contribution is -2.27. The smallest absolute Gasteiger partial charge is 0.123 e. The molecule has 3 nitrogen and oxygen atoms in total. The van der Waals surface area contributed by atoms with Crippen molar-refractivity contribution in [2.24, 2.45) is 0 Å². The fourth-order valence-electron chi connectivity index (χ4n) is 2.40. The van der Waals surface area contributed by atoms with Gasteiger partial charge in [-0.2, -0.15) is 0 Å². The molecule has 1 fully saturated rings. The quantitative estimate of drug-likeness (QED) is 0.885. The van der Waals surface area contributed by atoms with E-state index >= 15 is 0 Å². The first-order valence-corrected chi connectivity index (χ1v) is 6.37. The highest BCUT2D eigenvalue weighted by atomic mass is 35.5. The molecule has 0 saturated carbocycles. The predicted octanol–water partition coefficient (Wildman–Crippen LogP) is 3.45. The topological polar surface area (TPSA) is 40.7 Å². The van der Waals surface area contributed by atoms with E-state index in [0.29, 0.717) is 6.04 Å². The molecule has 0 aliphatic carbocycles. The molecule has 102 valence electrons. The third kappa shape index (κ3) is 3.14. The number of benzene rings is 1. The molecule has 1 unspecified atom stereocenters. The Morgan fingerprint density at radius 2 is 2.16 bits per heavy atom. The number of imidazole rings is 1. The van der Waals surface area contributed by atoms with Crippen LogP contribution in [-0.4, -0.2) is 16.5 Å². The Bertz CT molecular complexity index is 535. The van der Waals surface area contributed by atoms with Crippen molar-refractivity contribution in [2.45, 2.75) is 25.3 Å². The lowest BCUT2D eigenvalue weighted by Gasteiger charge is -2.21. The number of nitrogens with one attached hydrogen (secondary N) is 2. The molecule has 1 atom stereocenters. The van der Waals surface area contributed by atoms with Crippen molar-refractivity contribution in [1.82, 2.24) is 15.3 Å². The van der Waals surface area contributed by atoms with Gasteiger partial charge in [0.1, 0.15) is 11.6 Å². The molecule has 1 aromatic heterocycles. The van der Waals surface area contributed by atoms with E-state index in [9.17, 15) is 4.39 Å². The van der Waals surface area contributed by atoms with Crippen LogP contribution in [0.1, 0.15) is 31.1 Å². The van der Waals surface area contributed by atoms with Crippen LogP contribution in [0.4, 0.5) is 4.39 Å². The average molecular weight is 282 g/mol. The Kier molecular flexibility index (Phi) is 4.56. The van der Waals surface area contributed by atoms with Gasteiger partial charge in [-0.05, 0) is 31.5 Å². The molecule has 0 amide bonds. The minimum absolute atomic E-state index is 0. The normalized spacial score (nSPS) is 18.9. The number of hydrogen-bond donors (Lipinski definition) is 2. The first kappa shape index (κ1) is 14.0. The highest BCUT2D eigenvalue weighted by molar-refractivity contribution is 5.85. The first-order chi connectivity index (χ1) is 8.83. The van der Waals surface area contributed by atoms with Crippen molar-refractivity contribution in [1.29, 1.82) is 0 Å². The van der Waals surface area contributed by atoms with Gasteiger partial charge in [-0.1, -0.05) is 18.6 Å². The first-order valence-electron chi connectivity index (χ1n) is 6.37. The summed E-state index contributed by atoms with van der Waals surface area (Å²) in [7, 11) is 0. The molecule has 1 aliphatic rings. The van der Waals surface area contributed by atoms with Crippen molar-refractivity contribution in [2.75, 3.05) is 6.54 Å². The molecular formula is C14H17ClFN3. The van der Waals surface area contributed by atoms with Crippen LogP contribution in [0.15, 0.2) is 30.5 Å². The standard InChI is InChI=1S/C14H16FN3.ClH/c15-11-5-3-4-10(8-11)13-9-17-14(18-13)12-6-1-2-7-16-12;/h3-5,8-9,12,16H,1-2,6-7H2,(H,17,18);1H. The molecule has 0 bridgehead atoms. The van der Waals surface area contributed by atoms with Crippen LogP contribution in [-0.2, 0) is 0 Å². The van der Waals surface area contributed by atoms with Crippen LogP contribution in [0.25, 0.3) is 11.3 Å². The maximum atomic E-state index is 13.2. The number of aromatic amines is 1. The van der Waals surface area contributed by atoms with E-state index in [-0.39, 0.29) is 18.2 Å². The summed E-state index contributed by atoms with van der Waals surface area (Å²) < 4.78 is 13.2. The zero-order chi connectivity index (χ0) is 12.4. The van der Waals surface area contributed by atoms with E-state index in [2.05, 4.69) is 15.3 Å². The predicted molar refractivity (Wildman–Crippen MR) is 75.8 cm³/mol. The molecule has 2 heterocycles. The molecule has 1 aromatic carbocycles. The van der Waals surface area contributed by atoms with Gasteiger partial charge in [0.15, 0.2) is 0 Å². The summed E-state index contributed by atoms with van der Waals surface area (Å²) in [4.78, 5) is 7.69. The summed E-state index contributed by atoms with van der Waals surface area (Å²) in [5.74, 6) is 0.730. The largest absolute Gasteiger partial charge is 0.341 e. The Balaban J connectivity index is 0.00000133. The van der Waals surface area contributed by atoms with Gasteiger partial charge < -0.3 is 10.3 Å². The van der Waals surface area contributed by atoms with Crippen LogP contribution in [0, 0.1) is 5.82 Å². The number of halogens is 2. The molecule has 1 saturated heterocycles. The van der Waals surface area contributed by atoms with Gasteiger partial charge in [-0.3, -0.25) is 0 Å². The third-order valence-corrected chi connectivity index (χ3v) is 3.37.